The van der Waals surface area contributed by atoms with Crippen LogP contribution in [0, 0.1) is 5.82 Å². The number of halogens is 1. The largest absolute Gasteiger partial charge is 0.339 e. The number of para-hydroxylation sites is 1. The number of aromatic nitrogens is 3. The highest BCUT2D eigenvalue weighted by molar-refractivity contribution is 6.07. The molecule has 0 radical (unpaired) electrons. The van der Waals surface area contributed by atoms with Crippen molar-refractivity contribution in [3.63, 3.8) is 0 Å². The van der Waals surface area contributed by atoms with Crippen molar-refractivity contribution in [3.05, 3.63) is 70.9 Å². The Morgan fingerprint density at radius 1 is 1.05 bits per heavy atom. The molecule has 108 valence electrons. The highest BCUT2D eigenvalue weighted by atomic mass is 19.1. The third kappa shape index (κ3) is 1.69. The van der Waals surface area contributed by atoms with Crippen LogP contribution in [0.4, 0.5) is 4.39 Å². The average Bonchev–Trinajstić information content (AvgIpc) is 2.82. The molecule has 0 N–H and O–H groups in total. The summed E-state index contributed by atoms with van der Waals surface area (Å²) in [7, 11) is 1.80. The molecular formula is C17H12FN3O. The number of rotatable bonds is 1. The lowest BCUT2D eigenvalue weighted by molar-refractivity contribution is 0.629. The van der Waals surface area contributed by atoms with Crippen molar-refractivity contribution in [1.82, 2.24) is 14.3 Å². The third-order valence-electron chi connectivity index (χ3n) is 3.90. The van der Waals surface area contributed by atoms with Gasteiger partial charge in [0.1, 0.15) is 11.3 Å². The van der Waals surface area contributed by atoms with Crippen LogP contribution in [0.15, 0.2) is 59.5 Å². The minimum absolute atomic E-state index is 0.220. The van der Waals surface area contributed by atoms with Crippen LogP contribution >= 0.6 is 0 Å². The van der Waals surface area contributed by atoms with Gasteiger partial charge in [-0.2, -0.15) is 9.78 Å². The van der Waals surface area contributed by atoms with E-state index in [4.69, 9.17) is 0 Å². The SMILES string of the molecule is Cn1c2ccc(F)cc2c2cnn(-c3ccccc3)c(=O)c21. The predicted octanol–water partition coefficient (Wildman–Crippen LogP) is 3.02. The summed E-state index contributed by atoms with van der Waals surface area (Å²) in [6.07, 6.45) is 1.62. The zero-order valence-electron chi connectivity index (χ0n) is 11.8. The summed E-state index contributed by atoms with van der Waals surface area (Å²) in [6, 6.07) is 13.7. The Morgan fingerprint density at radius 3 is 2.59 bits per heavy atom. The Morgan fingerprint density at radius 2 is 1.82 bits per heavy atom. The van der Waals surface area contributed by atoms with Gasteiger partial charge in [0.2, 0.25) is 0 Å². The predicted molar refractivity (Wildman–Crippen MR) is 83.8 cm³/mol. The molecule has 0 spiro atoms. The topological polar surface area (TPSA) is 39.8 Å². The van der Waals surface area contributed by atoms with Crippen LogP contribution in [-0.2, 0) is 7.05 Å². The molecule has 0 aliphatic rings. The zero-order chi connectivity index (χ0) is 15.3. The average molecular weight is 293 g/mol. The highest BCUT2D eigenvalue weighted by Gasteiger charge is 2.14. The lowest BCUT2D eigenvalue weighted by Gasteiger charge is -2.04. The van der Waals surface area contributed by atoms with E-state index in [0.29, 0.717) is 22.0 Å². The molecule has 0 unspecified atom stereocenters. The second kappa shape index (κ2) is 4.53. The van der Waals surface area contributed by atoms with Gasteiger partial charge >= 0.3 is 0 Å². The number of hydrogen-bond donors (Lipinski definition) is 0. The summed E-state index contributed by atoms with van der Waals surface area (Å²) < 4.78 is 16.6. The van der Waals surface area contributed by atoms with Crippen LogP contribution < -0.4 is 5.56 Å². The molecule has 0 amide bonds. The molecule has 0 fully saturated rings. The van der Waals surface area contributed by atoms with Crippen molar-refractivity contribution in [2.24, 2.45) is 7.05 Å². The number of aryl methyl sites for hydroxylation is 1. The number of hydrogen-bond acceptors (Lipinski definition) is 2. The van der Waals surface area contributed by atoms with E-state index in [1.54, 1.807) is 23.9 Å². The van der Waals surface area contributed by atoms with Crippen molar-refractivity contribution in [2.45, 2.75) is 0 Å². The van der Waals surface area contributed by atoms with Crippen LogP contribution in [0.1, 0.15) is 0 Å². The van der Waals surface area contributed by atoms with Gasteiger partial charge in [0, 0.05) is 23.3 Å². The molecule has 2 aromatic heterocycles. The maximum absolute atomic E-state index is 13.5. The molecule has 0 bridgehead atoms. The minimum atomic E-state index is -0.327. The lowest BCUT2D eigenvalue weighted by atomic mass is 10.2. The Kier molecular flexibility index (Phi) is 2.63. The van der Waals surface area contributed by atoms with Gasteiger partial charge in [-0.05, 0) is 30.3 Å². The van der Waals surface area contributed by atoms with Gasteiger partial charge in [-0.3, -0.25) is 4.79 Å². The maximum Gasteiger partial charge on any atom is 0.296 e. The molecule has 4 rings (SSSR count). The molecule has 4 aromatic rings. The van der Waals surface area contributed by atoms with Crippen molar-refractivity contribution < 1.29 is 4.39 Å². The Hall–Kier alpha value is -2.95. The molecular weight excluding hydrogens is 281 g/mol. The lowest BCUT2D eigenvalue weighted by Crippen LogP contribution is -2.22. The zero-order valence-corrected chi connectivity index (χ0v) is 11.8. The summed E-state index contributed by atoms with van der Waals surface area (Å²) >= 11 is 0. The summed E-state index contributed by atoms with van der Waals surface area (Å²) in [5.41, 5.74) is 1.80. The smallest absolute Gasteiger partial charge is 0.296 e. The van der Waals surface area contributed by atoms with Gasteiger partial charge in [-0.15, -0.1) is 0 Å². The summed E-state index contributed by atoms with van der Waals surface area (Å²) in [5.74, 6) is -0.327. The van der Waals surface area contributed by atoms with E-state index in [-0.39, 0.29) is 11.4 Å². The second-order valence-corrected chi connectivity index (χ2v) is 5.18. The summed E-state index contributed by atoms with van der Waals surface area (Å²) in [4.78, 5) is 12.8. The van der Waals surface area contributed by atoms with Crippen molar-refractivity contribution in [1.29, 1.82) is 0 Å². The van der Waals surface area contributed by atoms with Crippen LogP contribution in [-0.4, -0.2) is 14.3 Å². The number of nitrogens with zero attached hydrogens (tertiary/aromatic N) is 3. The quantitative estimate of drug-likeness (QED) is 0.541. The number of fused-ring (bicyclic) bond motifs is 3. The van der Waals surface area contributed by atoms with Crippen molar-refractivity contribution in [3.8, 4) is 5.69 Å². The van der Waals surface area contributed by atoms with Crippen molar-refractivity contribution in [2.75, 3.05) is 0 Å². The summed E-state index contributed by atoms with van der Waals surface area (Å²) in [5, 5.41) is 5.60. The fraction of sp³-hybridized carbons (Fsp3) is 0.0588. The minimum Gasteiger partial charge on any atom is -0.339 e. The van der Waals surface area contributed by atoms with E-state index in [0.717, 1.165) is 5.52 Å². The normalized spacial score (nSPS) is 11.4. The van der Waals surface area contributed by atoms with E-state index in [2.05, 4.69) is 5.10 Å². The van der Waals surface area contributed by atoms with Gasteiger partial charge < -0.3 is 4.57 Å². The second-order valence-electron chi connectivity index (χ2n) is 5.18. The maximum atomic E-state index is 13.5. The fourth-order valence-electron chi connectivity index (χ4n) is 2.86. The standard InChI is InChI=1S/C17H12FN3O/c1-20-15-8-7-11(18)9-13(15)14-10-19-21(17(22)16(14)20)12-5-3-2-4-6-12/h2-10H,1H3. The first kappa shape index (κ1) is 12.8. The number of benzene rings is 2. The van der Waals surface area contributed by atoms with Gasteiger partial charge in [0.15, 0.2) is 0 Å². The molecule has 5 heteroatoms. The van der Waals surface area contributed by atoms with E-state index < -0.39 is 0 Å². The van der Waals surface area contributed by atoms with Crippen LogP contribution in [0.5, 0.6) is 0 Å². The van der Waals surface area contributed by atoms with E-state index >= 15 is 0 Å². The van der Waals surface area contributed by atoms with Gasteiger partial charge in [0.05, 0.1) is 11.9 Å². The Labute approximate surface area is 125 Å². The van der Waals surface area contributed by atoms with Crippen LogP contribution in [0.25, 0.3) is 27.5 Å². The monoisotopic (exact) mass is 293 g/mol. The molecule has 4 nitrogen and oxygen atoms in total. The Balaban J connectivity index is 2.14. The first-order valence-corrected chi connectivity index (χ1v) is 6.88. The van der Waals surface area contributed by atoms with E-state index in [1.807, 2.05) is 30.3 Å². The fourth-order valence-corrected chi connectivity index (χ4v) is 2.86. The van der Waals surface area contributed by atoms with Gasteiger partial charge in [-0.25, -0.2) is 4.39 Å². The van der Waals surface area contributed by atoms with E-state index in [1.165, 1.54) is 16.8 Å². The first-order chi connectivity index (χ1) is 10.7. The van der Waals surface area contributed by atoms with Crippen LogP contribution in [0.3, 0.4) is 0 Å². The molecule has 2 aromatic carbocycles. The van der Waals surface area contributed by atoms with Gasteiger partial charge in [-0.1, -0.05) is 18.2 Å². The molecule has 0 aliphatic carbocycles. The summed E-state index contributed by atoms with van der Waals surface area (Å²) in [6.45, 7) is 0. The third-order valence-corrected chi connectivity index (χ3v) is 3.90. The van der Waals surface area contributed by atoms with E-state index in [9.17, 15) is 9.18 Å². The van der Waals surface area contributed by atoms with Crippen LogP contribution in [0.2, 0.25) is 0 Å². The molecule has 0 atom stereocenters. The van der Waals surface area contributed by atoms with Crippen molar-refractivity contribution >= 4 is 21.8 Å². The molecule has 22 heavy (non-hydrogen) atoms. The highest BCUT2D eigenvalue weighted by Crippen LogP contribution is 2.26. The Bertz CT molecular complexity index is 1060. The molecule has 0 aliphatic heterocycles. The molecule has 2 heterocycles. The molecule has 0 saturated heterocycles. The first-order valence-electron chi connectivity index (χ1n) is 6.88. The molecule has 0 saturated carbocycles. The van der Waals surface area contributed by atoms with Gasteiger partial charge in [0.25, 0.3) is 5.56 Å².